The fourth-order valence-electron chi connectivity index (χ4n) is 1.10. The Kier molecular flexibility index (Phi) is 2.20. The molecule has 1 aliphatic heterocycles. The van der Waals surface area contributed by atoms with Gasteiger partial charge in [0.05, 0.1) is 12.1 Å². The Morgan fingerprint density at radius 3 is 2.64 bits per heavy atom. The lowest BCUT2D eigenvalue weighted by Gasteiger charge is -2.26. The van der Waals surface area contributed by atoms with Crippen LogP contribution in [0.25, 0.3) is 0 Å². The summed E-state index contributed by atoms with van der Waals surface area (Å²) >= 11 is 0. The van der Waals surface area contributed by atoms with Gasteiger partial charge in [0.25, 0.3) is 0 Å². The van der Waals surface area contributed by atoms with Crippen molar-refractivity contribution in [2.75, 3.05) is 6.54 Å². The molecule has 0 spiro atoms. The first-order valence-corrected chi connectivity index (χ1v) is 3.91. The maximum absolute atomic E-state index is 9.45. The van der Waals surface area contributed by atoms with Crippen molar-refractivity contribution in [1.82, 2.24) is 10.4 Å². The van der Waals surface area contributed by atoms with Gasteiger partial charge < -0.3 is 10.1 Å². The lowest BCUT2D eigenvalue weighted by molar-refractivity contribution is 0.0384. The first-order chi connectivity index (χ1) is 4.97. The molecule has 2 N–H and O–H groups in total. The quantitative estimate of drug-likeness (QED) is 0.610. The van der Waals surface area contributed by atoms with Crippen LogP contribution in [0.4, 0.5) is 0 Å². The minimum Gasteiger partial charge on any atom is -0.389 e. The molecule has 1 atom stereocenters. The number of hydrazine groups is 1. The summed E-state index contributed by atoms with van der Waals surface area (Å²) < 4.78 is 0. The molecule has 0 fully saturated rings. The van der Waals surface area contributed by atoms with E-state index < -0.39 is 5.60 Å². The molecule has 1 unspecified atom stereocenters. The van der Waals surface area contributed by atoms with E-state index in [1.807, 2.05) is 11.2 Å². The topological polar surface area (TPSA) is 35.5 Å². The van der Waals surface area contributed by atoms with Crippen LogP contribution in [0.5, 0.6) is 0 Å². The molecular formula is C8H16N2O. The van der Waals surface area contributed by atoms with E-state index >= 15 is 0 Å². The van der Waals surface area contributed by atoms with Crippen molar-refractivity contribution in [1.29, 1.82) is 0 Å². The van der Waals surface area contributed by atoms with Crippen molar-refractivity contribution in [3.05, 3.63) is 12.3 Å². The summed E-state index contributed by atoms with van der Waals surface area (Å²) in [7, 11) is 0. The van der Waals surface area contributed by atoms with E-state index in [0.717, 1.165) is 0 Å². The summed E-state index contributed by atoms with van der Waals surface area (Å²) in [5.41, 5.74) is 2.54. The van der Waals surface area contributed by atoms with Gasteiger partial charge in [-0.15, -0.1) is 0 Å². The maximum atomic E-state index is 9.45. The van der Waals surface area contributed by atoms with Gasteiger partial charge in [0.1, 0.15) is 0 Å². The molecule has 3 heteroatoms. The second-order valence-electron chi connectivity index (χ2n) is 3.70. The van der Waals surface area contributed by atoms with Crippen LogP contribution in [-0.4, -0.2) is 28.3 Å². The lowest BCUT2D eigenvalue weighted by atomic mass is 10.1. The highest BCUT2D eigenvalue weighted by Gasteiger charge is 2.19. The predicted molar refractivity (Wildman–Crippen MR) is 44.7 cm³/mol. The summed E-state index contributed by atoms with van der Waals surface area (Å²) in [4.78, 5) is 0. The molecular weight excluding hydrogens is 140 g/mol. The van der Waals surface area contributed by atoms with E-state index in [1.165, 1.54) is 0 Å². The smallest absolute Gasteiger partial charge is 0.0781 e. The zero-order chi connectivity index (χ0) is 8.48. The first kappa shape index (κ1) is 8.56. The lowest BCUT2D eigenvalue weighted by Crippen LogP contribution is -2.42. The molecule has 0 aromatic heterocycles. The third-order valence-electron chi connectivity index (χ3n) is 1.48. The number of nitrogens with zero attached hydrogens (tertiary/aromatic N) is 1. The van der Waals surface area contributed by atoms with Crippen molar-refractivity contribution < 1.29 is 5.11 Å². The highest BCUT2D eigenvalue weighted by atomic mass is 16.3. The van der Waals surface area contributed by atoms with Gasteiger partial charge in [-0.3, -0.25) is 0 Å². The van der Waals surface area contributed by atoms with Crippen LogP contribution in [0, 0.1) is 0 Å². The van der Waals surface area contributed by atoms with Crippen LogP contribution < -0.4 is 5.43 Å². The van der Waals surface area contributed by atoms with Crippen LogP contribution >= 0.6 is 0 Å². The van der Waals surface area contributed by atoms with Gasteiger partial charge in [-0.1, -0.05) is 0 Å². The number of rotatable bonds is 2. The molecule has 3 nitrogen and oxygen atoms in total. The second kappa shape index (κ2) is 2.83. The molecule has 64 valence electrons. The molecule has 0 saturated heterocycles. The van der Waals surface area contributed by atoms with Crippen molar-refractivity contribution in [2.45, 2.75) is 32.4 Å². The fourth-order valence-corrected chi connectivity index (χ4v) is 1.10. The molecule has 0 bridgehead atoms. The van der Waals surface area contributed by atoms with Gasteiger partial charge in [0.2, 0.25) is 0 Å². The Morgan fingerprint density at radius 1 is 1.64 bits per heavy atom. The Bertz CT molecular complexity index is 160. The molecule has 1 rings (SSSR count). The molecule has 0 aliphatic carbocycles. The summed E-state index contributed by atoms with van der Waals surface area (Å²) in [6, 6.07) is 0.386. The first-order valence-electron chi connectivity index (χ1n) is 3.91. The van der Waals surface area contributed by atoms with Crippen LogP contribution in [0.2, 0.25) is 0 Å². The number of nitrogens with one attached hydrogen (secondary N) is 1. The van der Waals surface area contributed by atoms with Crippen LogP contribution in [0.15, 0.2) is 12.3 Å². The van der Waals surface area contributed by atoms with Gasteiger partial charge >= 0.3 is 0 Å². The van der Waals surface area contributed by atoms with Crippen LogP contribution in [0.3, 0.4) is 0 Å². The molecule has 0 radical (unpaired) electrons. The molecule has 11 heavy (non-hydrogen) atoms. The number of hydrogen-bond acceptors (Lipinski definition) is 3. The minimum atomic E-state index is -0.638. The molecule has 0 amide bonds. The maximum Gasteiger partial charge on any atom is 0.0781 e. The van der Waals surface area contributed by atoms with E-state index in [0.29, 0.717) is 12.6 Å². The Morgan fingerprint density at radius 2 is 2.27 bits per heavy atom. The molecule has 1 heterocycles. The molecule has 0 aromatic rings. The fraction of sp³-hybridized carbons (Fsp3) is 0.750. The normalized spacial score (nSPS) is 24.7. The average Bonchev–Trinajstić information content (AvgIpc) is 2.10. The Hall–Kier alpha value is -0.540. The second-order valence-corrected chi connectivity index (χ2v) is 3.70. The highest BCUT2D eigenvalue weighted by molar-refractivity contribution is 4.97. The highest BCUT2D eigenvalue weighted by Crippen LogP contribution is 2.07. The zero-order valence-electron chi connectivity index (χ0n) is 7.33. The zero-order valence-corrected chi connectivity index (χ0v) is 7.33. The van der Waals surface area contributed by atoms with Crippen molar-refractivity contribution >= 4 is 0 Å². The molecule has 1 aliphatic rings. The predicted octanol–water partition coefficient (Wildman–Crippen LogP) is 0.480. The molecule has 0 aromatic carbocycles. The third kappa shape index (κ3) is 2.91. The van der Waals surface area contributed by atoms with Crippen molar-refractivity contribution in [2.24, 2.45) is 0 Å². The number of hydrogen-bond donors (Lipinski definition) is 2. The van der Waals surface area contributed by atoms with E-state index in [9.17, 15) is 5.11 Å². The van der Waals surface area contributed by atoms with E-state index in [1.54, 1.807) is 13.8 Å². The summed E-state index contributed by atoms with van der Waals surface area (Å²) in [6.45, 7) is 6.28. The van der Waals surface area contributed by atoms with Crippen molar-refractivity contribution in [3.63, 3.8) is 0 Å². The SMILES string of the molecule is CC1C=CN(CC(C)(C)O)N1. The van der Waals surface area contributed by atoms with E-state index in [4.69, 9.17) is 0 Å². The summed E-state index contributed by atoms with van der Waals surface area (Å²) in [5, 5.41) is 11.4. The largest absolute Gasteiger partial charge is 0.389 e. The number of aliphatic hydroxyl groups is 1. The van der Waals surface area contributed by atoms with Gasteiger partial charge in [0.15, 0.2) is 0 Å². The molecule has 0 saturated carbocycles. The van der Waals surface area contributed by atoms with Crippen molar-refractivity contribution in [3.8, 4) is 0 Å². The summed E-state index contributed by atoms with van der Waals surface area (Å²) in [5.74, 6) is 0. The Labute approximate surface area is 67.7 Å². The Balaban J connectivity index is 2.36. The van der Waals surface area contributed by atoms with Crippen LogP contribution in [-0.2, 0) is 0 Å². The average molecular weight is 156 g/mol. The van der Waals surface area contributed by atoms with Gasteiger partial charge in [-0.25, -0.2) is 5.43 Å². The monoisotopic (exact) mass is 156 g/mol. The van der Waals surface area contributed by atoms with Gasteiger partial charge in [-0.2, -0.15) is 0 Å². The third-order valence-corrected chi connectivity index (χ3v) is 1.48. The number of β-amino-alcohol motifs (C(OH)–C–C–N with tert-alkyl or cyclic N) is 1. The summed E-state index contributed by atoms with van der Waals surface area (Å²) in [6.07, 6.45) is 4.02. The van der Waals surface area contributed by atoms with E-state index in [-0.39, 0.29) is 0 Å². The standard InChI is InChI=1S/C8H16N2O/c1-7-4-5-10(9-7)6-8(2,3)11/h4-5,7,9,11H,6H2,1-3H3. The minimum absolute atomic E-state index is 0.386. The van der Waals surface area contributed by atoms with Gasteiger partial charge in [0, 0.05) is 12.2 Å². The van der Waals surface area contributed by atoms with E-state index in [2.05, 4.69) is 18.4 Å². The van der Waals surface area contributed by atoms with Gasteiger partial charge in [-0.05, 0) is 26.8 Å². The van der Waals surface area contributed by atoms with Crippen LogP contribution in [0.1, 0.15) is 20.8 Å².